The predicted molar refractivity (Wildman–Crippen MR) is 237 cm³/mol. The first-order valence-corrected chi connectivity index (χ1v) is 21.1. The van der Waals surface area contributed by atoms with Crippen LogP contribution in [0.25, 0.3) is 6.08 Å². The number of hydrogen-bond acceptors (Lipinski definition) is 8. The quantitative estimate of drug-likeness (QED) is 0.0602. The van der Waals surface area contributed by atoms with E-state index < -0.39 is 23.0 Å². The van der Waals surface area contributed by atoms with Gasteiger partial charge in [0.05, 0.1) is 12.7 Å². The average Bonchev–Trinajstić information content (AvgIpc) is 3.61. The van der Waals surface area contributed by atoms with E-state index in [0.29, 0.717) is 55.3 Å². The highest BCUT2D eigenvalue weighted by atomic mass is 35.5. The molecule has 298 valence electrons. The summed E-state index contributed by atoms with van der Waals surface area (Å²) in [6.45, 7) is 2.17. The number of nitrogens with zero attached hydrogens (tertiary/aromatic N) is 1. The fourth-order valence-corrected chi connectivity index (χ4v) is 9.51. The second-order valence-corrected chi connectivity index (χ2v) is 16.6. The van der Waals surface area contributed by atoms with E-state index in [9.17, 15) is 19.2 Å². The standard InChI is InChI=1S/C46H38Cl2N4O5S2/c1-57-46(56)40-34-23-24-52(27-29-13-5-2-6-14-29)28-39(34)59-45(40)51-44(55)41(30-15-7-3-8-16-30)58-33-20-11-19-32(25-33)49-43(54)38(26-35-36(47)21-12-22-37(35)48)50-42(53)31-17-9-4-10-18-31/h2-22,25-26,41H,23-24,27-28H2,1H3,(H,49,54)(H,50,53)(H,51,55)/b38-26+. The number of carbonyl (C=O) groups is 4. The molecule has 0 radical (unpaired) electrons. The molecule has 1 aliphatic rings. The molecule has 13 heteroatoms. The van der Waals surface area contributed by atoms with Gasteiger partial charge in [0.15, 0.2) is 0 Å². The number of fused-ring (bicyclic) bond motifs is 1. The van der Waals surface area contributed by atoms with Gasteiger partial charge in [0, 0.05) is 56.3 Å². The Morgan fingerprint density at radius 1 is 0.831 bits per heavy atom. The summed E-state index contributed by atoms with van der Waals surface area (Å²) in [5.41, 5.74) is 4.28. The van der Waals surface area contributed by atoms with Crippen LogP contribution >= 0.6 is 46.3 Å². The van der Waals surface area contributed by atoms with Gasteiger partial charge in [-0.2, -0.15) is 0 Å². The van der Waals surface area contributed by atoms with Gasteiger partial charge < -0.3 is 20.7 Å². The molecule has 0 saturated heterocycles. The number of esters is 1. The second-order valence-electron chi connectivity index (χ2n) is 13.5. The van der Waals surface area contributed by atoms with Gasteiger partial charge in [0.2, 0.25) is 5.91 Å². The van der Waals surface area contributed by atoms with Gasteiger partial charge in [-0.15, -0.1) is 23.1 Å². The summed E-state index contributed by atoms with van der Waals surface area (Å²) in [6, 6.07) is 40.1. The van der Waals surface area contributed by atoms with Crippen molar-refractivity contribution in [1.29, 1.82) is 0 Å². The van der Waals surface area contributed by atoms with Crippen molar-refractivity contribution < 1.29 is 23.9 Å². The zero-order chi connectivity index (χ0) is 41.3. The van der Waals surface area contributed by atoms with Crippen LogP contribution in [0.2, 0.25) is 10.0 Å². The van der Waals surface area contributed by atoms with Gasteiger partial charge in [-0.25, -0.2) is 4.79 Å². The van der Waals surface area contributed by atoms with E-state index in [-0.39, 0.29) is 11.6 Å². The van der Waals surface area contributed by atoms with Crippen molar-refractivity contribution >= 4 is 86.8 Å². The van der Waals surface area contributed by atoms with Gasteiger partial charge >= 0.3 is 5.97 Å². The molecular formula is C46H38Cl2N4O5S2. The largest absolute Gasteiger partial charge is 0.465 e. The summed E-state index contributed by atoms with van der Waals surface area (Å²) in [5.74, 6) is -1.94. The molecule has 3 N–H and O–H groups in total. The van der Waals surface area contributed by atoms with Crippen molar-refractivity contribution in [3.63, 3.8) is 0 Å². The maximum Gasteiger partial charge on any atom is 0.341 e. The molecule has 5 aromatic carbocycles. The molecule has 2 heterocycles. The minimum Gasteiger partial charge on any atom is -0.465 e. The number of nitrogens with one attached hydrogen (secondary N) is 3. The molecule has 0 saturated carbocycles. The zero-order valence-electron chi connectivity index (χ0n) is 31.7. The number of thiophene rings is 1. The minimum absolute atomic E-state index is 0.0864. The number of benzene rings is 5. The maximum atomic E-state index is 14.4. The first kappa shape index (κ1) is 41.5. The van der Waals surface area contributed by atoms with Crippen molar-refractivity contribution in [3.8, 4) is 0 Å². The number of ether oxygens (including phenoxy) is 1. The van der Waals surface area contributed by atoms with Crippen LogP contribution in [0, 0.1) is 0 Å². The summed E-state index contributed by atoms with van der Waals surface area (Å²) in [4.78, 5) is 58.7. The Labute approximate surface area is 360 Å². The van der Waals surface area contributed by atoms with Crippen molar-refractivity contribution in [2.24, 2.45) is 0 Å². The van der Waals surface area contributed by atoms with Crippen LogP contribution in [0.15, 0.2) is 144 Å². The van der Waals surface area contributed by atoms with Crippen molar-refractivity contribution in [3.05, 3.63) is 187 Å². The lowest BCUT2D eigenvalue weighted by Crippen LogP contribution is -2.30. The van der Waals surface area contributed by atoms with E-state index >= 15 is 0 Å². The monoisotopic (exact) mass is 860 g/mol. The molecule has 3 amide bonds. The smallest absolute Gasteiger partial charge is 0.341 e. The van der Waals surface area contributed by atoms with Gasteiger partial charge in [0.25, 0.3) is 11.8 Å². The highest BCUT2D eigenvalue weighted by Crippen LogP contribution is 2.41. The first-order valence-electron chi connectivity index (χ1n) is 18.6. The third kappa shape index (κ3) is 10.3. The Morgan fingerprint density at radius 2 is 1.49 bits per heavy atom. The summed E-state index contributed by atoms with van der Waals surface area (Å²) in [7, 11) is 1.35. The Bertz CT molecular complexity index is 2500. The predicted octanol–water partition coefficient (Wildman–Crippen LogP) is 10.3. The molecule has 1 aliphatic heterocycles. The molecule has 9 nitrogen and oxygen atoms in total. The lowest BCUT2D eigenvalue weighted by molar-refractivity contribution is -0.116. The molecule has 6 aromatic rings. The fourth-order valence-electron chi connectivity index (χ4n) is 6.63. The molecular weight excluding hydrogens is 824 g/mol. The van der Waals surface area contributed by atoms with Gasteiger partial charge in [0.1, 0.15) is 15.9 Å². The Morgan fingerprint density at radius 3 is 2.19 bits per heavy atom. The summed E-state index contributed by atoms with van der Waals surface area (Å²) in [6.07, 6.45) is 2.08. The van der Waals surface area contributed by atoms with Crippen molar-refractivity contribution in [1.82, 2.24) is 10.2 Å². The minimum atomic E-state index is -0.746. The van der Waals surface area contributed by atoms with Crippen LogP contribution in [-0.4, -0.2) is 42.2 Å². The van der Waals surface area contributed by atoms with Gasteiger partial charge in [-0.1, -0.05) is 114 Å². The number of halogens is 2. The van der Waals surface area contributed by atoms with E-state index in [1.807, 2.05) is 54.6 Å². The number of thioether (sulfide) groups is 1. The molecule has 0 bridgehead atoms. The SMILES string of the molecule is COC(=O)c1c(NC(=O)C(Sc2cccc(NC(=O)/C(=C\c3c(Cl)cccc3Cl)NC(=O)c3ccccc3)c2)c2ccccc2)sc2c1CCN(Cc1ccccc1)C2. The van der Waals surface area contributed by atoms with E-state index in [4.69, 9.17) is 27.9 Å². The van der Waals surface area contributed by atoms with Crippen LogP contribution in [0.1, 0.15) is 53.1 Å². The Kier molecular flexibility index (Phi) is 13.6. The Hall–Kier alpha value is -5.69. The molecule has 0 fully saturated rings. The highest BCUT2D eigenvalue weighted by Gasteiger charge is 2.31. The zero-order valence-corrected chi connectivity index (χ0v) is 34.9. The number of rotatable bonds is 13. The molecule has 7 rings (SSSR count). The van der Waals surface area contributed by atoms with Gasteiger partial charge in [-0.05, 0) is 71.7 Å². The molecule has 59 heavy (non-hydrogen) atoms. The van der Waals surface area contributed by atoms with E-state index in [1.165, 1.54) is 41.8 Å². The summed E-state index contributed by atoms with van der Waals surface area (Å²) >= 11 is 15.6. The first-order chi connectivity index (χ1) is 28.7. The number of carbonyl (C=O) groups excluding carboxylic acids is 4. The molecule has 1 aromatic heterocycles. The number of hydrogen-bond donors (Lipinski definition) is 3. The van der Waals surface area contributed by atoms with Crippen molar-refractivity contribution in [2.45, 2.75) is 29.7 Å². The molecule has 0 aliphatic carbocycles. The number of anilines is 2. The normalized spacial score (nSPS) is 13.2. The molecule has 1 atom stereocenters. The Balaban J connectivity index is 1.13. The van der Waals surface area contributed by atoms with Crippen LogP contribution in [0.3, 0.4) is 0 Å². The second kappa shape index (κ2) is 19.4. The van der Waals surface area contributed by atoms with Gasteiger partial charge in [-0.3, -0.25) is 19.3 Å². The lowest BCUT2D eigenvalue weighted by atomic mass is 10.0. The maximum absolute atomic E-state index is 14.4. The topological polar surface area (TPSA) is 117 Å². The molecule has 1 unspecified atom stereocenters. The summed E-state index contributed by atoms with van der Waals surface area (Å²) < 4.78 is 5.22. The number of methoxy groups -OCH3 is 1. The highest BCUT2D eigenvalue weighted by molar-refractivity contribution is 8.00. The van der Waals surface area contributed by atoms with Crippen LogP contribution in [0.5, 0.6) is 0 Å². The summed E-state index contributed by atoms with van der Waals surface area (Å²) in [5, 5.41) is 8.98. The third-order valence-corrected chi connectivity index (χ3v) is 12.6. The van der Waals surface area contributed by atoms with Crippen LogP contribution in [-0.2, 0) is 33.8 Å². The van der Waals surface area contributed by atoms with E-state index in [1.54, 1.807) is 66.7 Å². The van der Waals surface area contributed by atoms with Crippen molar-refractivity contribution in [2.75, 3.05) is 24.3 Å². The molecule has 0 spiro atoms. The van der Waals surface area contributed by atoms with E-state index in [2.05, 4.69) is 33.0 Å². The lowest BCUT2D eigenvalue weighted by Gasteiger charge is -2.27. The number of amides is 3. The average molecular weight is 862 g/mol. The van der Waals surface area contributed by atoms with Crippen LogP contribution in [0.4, 0.5) is 10.7 Å². The van der Waals surface area contributed by atoms with Crippen LogP contribution < -0.4 is 16.0 Å². The fraction of sp³-hybridized carbons (Fsp3) is 0.130. The van der Waals surface area contributed by atoms with E-state index in [0.717, 1.165) is 29.1 Å². The third-order valence-electron chi connectivity index (χ3n) is 9.51.